The molecule has 144 valence electrons. The molecular weight excluding hydrogens is 384 g/mol. The average molecular weight is 407 g/mol. The molecule has 5 nitrogen and oxygen atoms in total. The zero-order chi connectivity index (χ0) is 19.4. The zero-order valence-corrected chi connectivity index (χ0v) is 16.8. The van der Waals surface area contributed by atoms with Gasteiger partial charge in [0.1, 0.15) is 0 Å². The van der Waals surface area contributed by atoms with Gasteiger partial charge in [-0.2, -0.15) is 0 Å². The minimum absolute atomic E-state index is 0.0224. The van der Waals surface area contributed by atoms with Gasteiger partial charge in [-0.25, -0.2) is 8.42 Å². The molecule has 0 aromatic heterocycles. The van der Waals surface area contributed by atoms with E-state index in [1.807, 2.05) is 66.5 Å². The number of para-hydroxylation sites is 1. The number of likely N-dealkylation sites (N-methyl/N-ethyl adjacent to an activating group) is 1. The van der Waals surface area contributed by atoms with E-state index >= 15 is 0 Å². The van der Waals surface area contributed by atoms with E-state index in [0.717, 1.165) is 11.3 Å². The molecule has 1 atom stereocenters. The van der Waals surface area contributed by atoms with Crippen molar-refractivity contribution >= 4 is 33.0 Å². The van der Waals surface area contributed by atoms with Crippen LogP contribution in [0.3, 0.4) is 0 Å². The molecule has 0 unspecified atom stereocenters. The molecule has 1 amide bonds. The van der Waals surface area contributed by atoms with Crippen molar-refractivity contribution in [2.75, 3.05) is 30.0 Å². The minimum Gasteiger partial charge on any atom is -0.307 e. The lowest BCUT2D eigenvalue weighted by Gasteiger charge is -2.30. The van der Waals surface area contributed by atoms with Gasteiger partial charge in [0.25, 0.3) is 0 Å². The van der Waals surface area contributed by atoms with Crippen LogP contribution in [0.25, 0.3) is 0 Å². The fourth-order valence-corrected chi connectivity index (χ4v) is 5.22. The summed E-state index contributed by atoms with van der Waals surface area (Å²) in [5.74, 6) is 0.0587. The van der Waals surface area contributed by atoms with Gasteiger partial charge in [-0.15, -0.1) is 0 Å². The Balaban J connectivity index is 1.73. The quantitative estimate of drug-likeness (QED) is 0.740. The highest BCUT2D eigenvalue weighted by atomic mass is 35.5. The number of hydrogen-bond acceptors (Lipinski definition) is 4. The lowest BCUT2D eigenvalue weighted by molar-refractivity contribution is -0.120. The number of hydrogen-bond donors (Lipinski definition) is 0. The number of benzene rings is 2. The molecule has 1 fully saturated rings. The maximum Gasteiger partial charge on any atom is 0.241 e. The van der Waals surface area contributed by atoms with E-state index in [-0.39, 0.29) is 30.0 Å². The lowest BCUT2D eigenvalue weighted by Crippen LogP contribution is -2.45. The molecule has 1 heterocycles. The molecule has 1 aliphatic rings. The first-order valence-corrected chi connectivity index (χ1v) is 11.0. The third-order valence-corrected chi connectivity index (χ3v) is 6.65. The number of nitrogens with zero attached hydrogens (tertiary/aromatic N) is 2. The van der Waals surface area contributed by atoms with Gasteiger partial charge in [-0.05, 0) is 43.3 Å². The Morgan fingerprint density at radius 2 is 1.78 bits per heavy atom. The molecule has 27 heavy (non-hydrogen) atoms. The van der Waals surface area contributed by atoms with Crippen molar-refractivity contribution in [1.29, 1.82) is 0 Å². The van der Waals surface area contributed by atoms with Crippen molar-refractivity contribution in [2.24, 2.45) is 0 Å². The van der Waals surface area contributed by atoms with Crippen molar-refractivity contribution in [3.63, 3.8) is 0 Å². The Labute approximate surface area is 165 Å². The molecule has 0 saturated carbocycles. The molecule has 1 saturated heterocycles. The molecule has 0 spiro atoms. The SMILES string of the molecule is CN(CC(=O)N(c1ccccc1)[C@H]1CCS(=O)(=O)C1)Cc1ccc(Cl)cc1. The summed E-state index contributed by atoms with van der Waals surface area (Å²) in [6.45, 7) is 0.808. The second-order valence-electron chi connectivity index (χ2n) is 6.95. The summed E-state index contributed by atoms with van der Waals surface area (Å²) >= 11 is 5.91. The number of amides is 1. The number of halogens is 1. The van der Waals surface area contributed by atoms with Crippen molar-refractivity contribution in [1.82, 2.24) is 4.90 Å². The summed E-state index contributed by atoms with van der Waals surface area (Å²) < 4.78 is 23.9. The van der Waals surface area contributed by atoms with Crippen LogP contribution in [0.2, 0.25) is 5.02 Å². The summed E-state index contributed by atoms with van der Waals surface area (Å²) in [6.07, 6.45) is 0.476. The van der Waals surface area contributed by atoms with E-state index in [2.05, 4.69) is 0 Å². The summed E-state index contributed by atoms with van der Waals surface area (Å²) in [5, 5.41) is 0.676. The first kappa shape index (κ1) is 19.9. The normalized spacial score (nSPS) is 18.6. The maximum absolute atomic E-state index is 13.1. The summed E-state index contributed by atoms with van der Waals surface area (Å²) in [5.41, 5.74) is 1.80. The number of carbonyl (C=O) groups excluding carboxylic acids is 1. The summed E-state index contributed by atoms with van der Waals surface area (Å²) in [6, 6.07) is 16.5. The van der Waals surface area contributed by atoms with E-state index in [4.69, 9.17) is 11.6 Å². The van der Waals surface area contributed by atoms with Gasteiger partial charge in [-0.3, -0.25) is 9.69 Å². The van der Waals surface area contributed by atoms with E-state index in [9.17, 15) is 13.2 Å². The highest BCUT2D eigenvalue weighted by molar-refractivity contribution is 7.91. The zero-order valence-electron chi connectivity index (χ0n) is 15.2. The molecular formula is C20H23ClN2O3S. The van der Waals surface area contributed by atoms with Crippen LogP contribution in [0.5, 0.6) is 0 Å². The molecule has 3 rings (SSSR count). The highest BCUT2D eigenvalue weighted by Gasteiger charge is 2.35. The predicted octanol–water partition coefficient (Wildman–Crippen LogP) is 2.99. The van der Waals surface area contributed by atoms with Crippen LogP contribution in [-0.2, 0) is 21.2 Å². The van der Waals surface area contributed by atoms with Crippen molar-refractivity contribution in [3.8, 4) is 0 Å². The Hall–Kier alpha value is -1.89. The van der Waals surface area contributed by atoms with E-state index in [1.54, 1.807) is 4.90 Å². The molecule has 7 heteroatoms. The predicted molar refractivity (Wildman–Crippen MR) is 109 cm³/mol. The van der Waals surface area contributed by atoms with Gasteiger partial charge in [-0.1, -0.05) is 41.9 Å². The Bertz CT molecular complexity index is 885. The van der Waals surface area contributed by atoms with Gasteiger partial charge in [0.2, 0.25) is 5.91 Å². The van der Waals surface area contributed by atoms with Gasteiger partial charge < -0.3 is 4.90 Å². The van der Waals surface area contributed by atoms with Gasteiger partial charge in [0.05, 0.1) is 24.1 Å². The average Bonchev–Trinajstić information content (AvgIpc) is 2.97. The summed E-state index contributed by atoms with van der Waals surface area (Å²) in [4.78, 5) is 16.6. The van der Waals surface area contributed by atoms with Gasteiger partial charge in [0, 0.05) is 17.3 Å². The highest BCUT2D eigenvalue weighted by Crippen LogP contribution is 2.25. The first-order valence-electron chi connectivity index (χ1n) is 8.84. The van der Waals surface area contributed by atoms with Gasteiger partial charge in [0.15, 0.2) is 9.84 Å². The molecule has 0 N–H and O–H groups in total. The Morgan fingerprint density at radius 3 is 2.37 bits per heavy atom. The van der Waals surface area contributed by atoms with Crippen LogP contribution in [0.15, 0.2) is 54.6 Å². The van der Waals surface area contributed by atoms with Crippen LogP contribution >= 0.6 is 11.6 Å². The third-order valence-electron chi connectivity index (χ3n) is 4.65. The number of sulfone groups is 1. The van der Waals surface area contributed by atoms with Crippen molar-refractivity contribution < 1.29 is 13.2 Å². The smallest absolute Gasteiger partial charge is 0.241 e. The molecule has 0 radical (unpaired) electrons. The molecule has 0 aliphatic carbocycles. The molecule has 2 aromatic carbocycles. The monoisotopic (exact) mass is 406 g/mol. The van der Waals surface area contributed by atoms with Crippen molar-refractivity contribution in [3.05, 3.63) is 65.2 Å². The molecule has 1 aliphatic heterocycles. The van der Waals surface area contributed by atoms with Crippen LogP contribution in [0.1, 0.15) is 12.0 Å². The van der Waals surface area contributed by atoms with Crippen LogP contribution in [0, 0.1) is 0 Å². The number of carbonyl (C=O) groups is 1. The van der Waals surface area contributed by atoms with Crippen LogP contribution < -0.4 is 4.90 Å². The van der Waals surface area contributed by atoms with Gasteiger partial charge >= 0.3 is 0 Å². The number of rotatable bonds is 6. The first-order chi connectivity index (χ1) is 12.8. The van der Waals surface area contributed by atoms with Crippen LogP contribution in [0.4, 0.5) is 5.69 Å². The van der Waals surface area contributed by atoms with E-state index in [1.165, 1.54) is 0 Å². The molecule has 0 bridgehead atoms. The van der Waals surface area contributed by atoms with E-state index in [0.29, 0.717) is 18.0 Å². The second-order valence-corrected chi connectivity index (χ2v) is 9.62. The number of anilines is 1. The fraction of sp³-hybridized carbons (Fsp3) is 0.350. The third kappa shape index (κ3) is 5.31. The Kier molecular flexibility index (Phi) is 6.19. The standard InChI is InChI=1S/C20H23ClN2O3S/c1-22(13-16-7-9-17(21)10-8-16)14-20(24)23(18-5-3-2-4-6-18)19-11-12-27(25,26)15-19/h2-10,19H,11-15H2,1H3/t19-/m0/s1. The summed E-state index contributed by atoms with van der Waals surface area (Å²) in [7, 11) is -1.21. The van der Waals surface area contributed by atoms with Crippen LogP contribution in [-0.4, -0.2) is 50.4 Å². The molecule has 2 aromatic rings. The topological polar surface area (TPSA) is 57.7 Å². The fourth-order valence-electron chi connectivity index (χ4n) is 3.39. The van der Waals surface area contributed by atoms with Crippen molar-refractivity contribution in [2.45, 2.75) is 19.0 Å². The second kappa shape index (κ2) is 8.42. The van der Waals surface area contributed by atoms with E-state index < -0.39 is 9.84 Å². The minimum atomic E-state index is -3.08. The maximum atomic E-state index is 13.1. The largest absolute Gasteiger partial charge is 0.307 e. The lowest BCUT2D eigenvalue weighted by atomic mass is 10.1. The Morgan fingerprint density at radius 1 is 1.11 bits per heavy atom.